The van der Waals surface area contributed by atoms with E-state index in [4.69, 9.17) is 10.5 Å². The molecule has 6 rings (SSSR count). The van der Waals surface area contributed by atoms with Gasteiger partial charge in [0.05, 0.1) is 17.0 Å². The quantitative estimate of drug-likeness (QED) is 0.310. The van der Waals surface area contributed by atoms with Gasteiger partial charge in [-0.15, -0.1) is 0 Å². The van der Waals surface area contributed by atoms with Crippen LogP contribution in [0, 0.1) is 17.2 Å². The highest BCUT2D eigenvalue weighted by Gasteiger charge is 2.20. The summed E-state index contributed by atoms with van der Waals surface area (Å²) in [7, 11) is 1.90. The van der Waals surface area contributed by atoms with Crippen molar-refractivity contribution in [2.75, 3.05) is 24.3 Å². The van der Waals surface area contributed by atoms with Gasteiger partial charge in [-0.25, -0.2) is 9.97 Å². The maximum Gasteiger partial charge on any atom is 0.261 e. The van der Waals surface area contributed by atoms with Gasteiger partial charge in [0.15, 0.2) is 0 Å². The SMILES string of the molecule is Cn1cc(-c2ccc(NC(=O)c3cn(CC4CCOCC4)cc(-c4ccc(C#N)cc4)c3=O)cc2)c2c(N)ncnc21. The van der Waals surface area contributed by atoms with Crippen LogP contribution >= 0.6 is 0 Å². The van der Waals surface area contributed by atoms with Gasteiger partial charge < -0.3 is 24.9 Å². The minimum absolute atomic E-state index is 0.0481. The number of aryl methyl sites for hydroxylation is 1. The molecule has 0 atom stereocenters. The topological polar surface area (TPSA) is 141 Å². The maximum atomic E-state index is 13.6. The molecule has 42 heavy (non-hydrogen) atoms. The Bertz CT molecular complexity index is 1880. The van der Waals surface area contributed by atoms with Crippen molar-refractivity contribution in [3.63, 3.8) is 0 Å². The van der Waals surface area contributed by atoms with Gasteiger partial charge in [0.25, 0.3) is 5.91 Å². The van der Waals surface area contributed by atoms with Gasteiger partial charge in [0.2, 0.25) is 5.43 Å². The van der Waals surface area contributed by atoms with E-state index < -0.39 is 5.91 Å². The number of anilines is 2. The Morgan fingerprint density at radius 1 is 1.02 bits per heavy atom. The summed E-state index contributed by atoms with van der Waals surface area (Å²) in [6.45, 7) is 2.07. The van der Waals surface area contributed by atoms with Crippen molar-refractivity contribution in [3.05, 3.63) is 94.8 Å². The molecule has 0 aliphatic carbocycles. The maximum absolute atomic E-state index is 13.6. The van der Waals surface area contributed by atoms with Crippen LogP contribution in [0.1, 0.15) is 28.8 Å². The lowest BCUT2D eigenvalue weighted by Crippen LogP contribution is -2.26. The monoisotopic (exact) mass is 559 g/mol. The number of nitriles is 1. The van der Waals surface area contributed by atoms with Gasteiger partial charge in [-0.05, 0) is 54.2 Å². The summed E-state index contributed by atoms with van der Waals surface area (Å²) in [4.78, 5) is 35.6. The molecule has 10 nitrogen and oxygen atoms in total. The van der Waals surface area contributed by atoms with Crippen LogP contribution in [0.25, 0.3) is 33.3 Å². The molecule has 3 N–H and O–H groups in total. The molecule has 0 unspecified atom stereocenters. The summed E-state index contributed by atoms with van der Waals surface area (Å²) < 4.78 is 9.32. The summed E-state index contributed by atoms with van der Waals surface area (Å²) in [5.41, 5.74) is 10.4. The Morgan fingerprint density at radius 3 is 2.43 bits per heavy atom. The lowest BCUT2D eigenvalue weighted by molar-refractivity contribution is 0.0612. The number of carbonyl (C=O) groups is 1. The molecule has 210 valence electrons. The predicted molar refractivity (Wildman–Crippen MR) is 161 cm³/mol. The fourth-order valence-corrected chi connectivity index (χ4v) is 5.44. The largest absolute Gasteiger partial charge is 0.383 e. The second-order valence-corrected chi connectivity index (χ2v) is 10.5. The van der Waals surface area contributed by atoms with Crippen molar-refractivity contribution in [1.82, 2.24) is 19.1 Å². The van der Waals surface area contributed by atoms with Crippen LogP contribution in [0.2, 0.25) is 0 Å². The number of nitrogen functional groups attached to an aromatic ring is 1. The molecular formula is C32H29N7O3. The van der Waals surface area contributed by atoms with Crippen molar-refractivity contribution >= 4 is 28.4 Å². The van der Waals surface area contributed by atoms with Crippen molar-refractivity contribution in [2.24, 2.45) is 13.0 Å². The number of fused-ring (bicyclic) bond motifs is 1. The van der Waals surface area contributed by atoms with E-state index in [1.54, 1.807) is 48.8 Å². The molecule has 3 aromatic heterocycles. The average Bonchev–Trinajstić information content (AvgIpc) is 3.36. The molecule has 1 saturated heterocycles. The van der Waals surface area contributed by atoms with Crippen molar-refractivity contribution in [2.45, 2.75) is 19.4 Å². The number of aromatic nitrogens is 4. The van der Waals surface area contributed by atoms with Crippen molar-refractivity contribution in [3.8, 4) is 28.3 Å². The van der Waals surface area contributed by atoms with Crippen LogP contribution in [-0.2, 0) is 18.3 Å². The third-order valence-corrected chi connectivity index (χ3v) is 7.70. The van der Waals surface area contributed by atoms with Gasteiger partial charge in [-0.2, -0.15) is 5.26 Å². The normalized spacial score (nSPS) is 13.6. The first-order valence-electron chi connectivity index (χ1n) is 13.7. The number of carbonyl (C=O) groups excluding carboxylic acids is 1. The van der Waals surface area contributed by atoms with Crippen LogP contribution in [0.5, 0.6) is 0 Å². The first-order chi connectivity index (χ1) is 20.4. The summed E-state index contributed by atoms with van der Waals surface area (Å²) in [6.07, 6.45) is 8.64. The molecule has 1 aliphatic heterocycles. The second-order valence-electron chi connectivity index (χ2n) is 10.5. The lowest BCUT2D eigenvalue weighted by Gasteiger charge is -2.23. The minimum atomic E-state index is -0.494. The Balaban J connectivity index is 1.31. The number of hydrogen-bond donors (Lipinski definition) is 2. The van der Waals surface area contributed by atoms with Gasteiger partial charge in [0, 0.05) is 62.2 Å². The van der Waals surface area contributed by atoms with Crippen LogP contribution < -0.4 is 16.5 Å². The van der Waals surface area contributed by atoms with Gasteiger partial charge >= 0.3 is 0 Å². The molecular weight excluding hydrogens is 530 g/mol. The zero-order valence-corrected chi connectivity index (χ0v) is 23.1. The van der Waals surface area contributed by atoms with E-state index in [1.807, 2.05) is 34.5 Å². The third kappa shape index (κ3) is 5.25. The molecule has 5 aromatic rings. The summed E-state index contributed by atoms with van der Waals surface area (Å²) >= 11 is 0. The molecule has 1 fully saturated rings. The number of ether oxygens (including phenoxy) is 1. The molecule has 1 amide bonds. The minimum Gasteiger partial charge on any atom is -0.383 e. The Hall–Kier alpha value is -5.27. The number of benzene rings is 2. The van der Waals surface area contributed by atoms with Gasteiger partial charge in [-0.3, -0.25) is 9.59 Å². The molecule has 0 radical (unpaired) electrons. The van der Waals surface area contributed by atoms with Gasteiger partial charge in [0.1, 0.15) is 23.4 Å². The fraction of sp³-hybridized carbons (Fsp3) is 0.219. The zero-order chi connectivity index (χ0) is 29.2. The number of amides is 1. The molecule has 1 aliphatic rings. The Morgan fingerprint density at radius 2 is 1.71 bits per heavy atom. The Kier molecular flexibility index (Phi) is 7.25. The second kappa shape index (κ2) is 11.3. The molecule has 4 heterocycles. The number of hydrogen-bond acceptors (Lipinski definition) is 7. The van der Waals surface area contributed by atoms with Crippen LogP contribution in [0.3, 0.4) is 0 Å². The standard InChI is InChI=1S/C32H29N7O3/c1-38-16-25(28-30(34)35-19-36-31(28)38)22-6-8-24(9-7-22)37-32(41)27-18-39(15-21-10-12-42-13-11-21)17-26(29(27)40)23-4-2-20(14-33)3-5-23/h2-9,16-19,21H,10-13,15H2,1H3,(H,37,41)(H2,34,35,36). The molecule has 2 aromatic carbocycles. The van der Waals surface area contributed by atoms with Crippen molar-refractivity contribution < 1.29 is 9.53 Å². The van der Waals surface area contributed by atoms with E-state index in [0.717, 1.165) is 35.0 Å². The van der Waals surface area contributed by atoms with E-state index in [0.29, 0.717) is 53.9 Å². The van der Waals surface area contributed by atoms with E-state index in [9.17, 15) is 14.9 Å². The van der Waals surface area contributed by atoms with E-state index in [-0.39, 0.29) is 11.0 Å². The highest BCUT2D eigenvalue weighted by molar-refractivity contribution is 6.05. The smallest absolute Gasteiger partial charge is 0.261 e. The number of rotatable bonds is 6. The average molecular weight is 560 g/mol. The number of nitrogens with two attached hydrogens (primary N) is 1. The molecule has 0 bridgehead atoms. The Labute approximate surface area is 242 Å². The van der Waals surface area contributed by atoms with Crippen LogP contribution in [0.4, 0.5) is 11.5 Å². The first kappa shape index (κ1) is 26.9. The van der Waals surface area contributed by atoms with Crippen LogP contribution in [-0.4, -0.2) is 38.2 Å². The number of nitrogens with one attached hydrogen (secondary N) is 1. The fourth-order valence-electron chi connectivity index (χ4n) is 5.44. The lowest BCUT2D eigenvalue weighted by atomic mass is 9.99. The van der Waals surface area contributed by atoms with E-state index >= 15 is 0 Å². The number of nitrogens with zero attached hydrogens (tertiary/aromatic N) is 5. The van der Waals surface area contributed by atoms with E-state index in [1.165, 1.54) is 6.33 Å². The van der Waals surface area contributed by atoms with Crippen molar-refractivity contribution in [1.29, 1.82) is 5.26 Å². The highest BCUT2D eigenvalue weighted by Crippen LogP contribution is 2.32. The molecule has 0 spiro atoms. The van der Waals surface area contributed by atoms with E-state index in [2.05, 4.69) is 21.4 Å². The van der Waals surface area contributed by atoms with Crippen LogP contribution in [0.15, 0.2) is 78.2 Å². The molecule has 0 saturated carbocycles. The highest BCUT2D eigenvalue weighted by atomic mass is 16.5. The first-order valence-corrected chi connectivity index (χ1v) is 13.7. The summed E-state index contributed by atoms with van der Waals surface area (Å²) in [5, 5.41) is 12.8. The molecule has 10 heteroatoms. The third-order valence-electron chi connectivity index (χ3n) is 7.70. The summed E-state index contributed by atoms with van der Waals surface area (Å²) in [6, 6.07) is 16.2. The number of pyridine rings is 1. The predicted octanol–water partition coefficient (Wildman–Crippen LogP) is 4.60. The zero-order valence-electron chi connectivity index (χ0n) is 23.1. The van der Waals surface area contributed by atoms with Gasteiger partial charge in [-0.1, -0.05) is 24.3 Å². The summed E-state index contributed by atoms with van der Waals surface area (Å²) in [5.74, 6) is 0.283.